The quantitative estimate of drug-likeness (QED) is 0.578. The Kier molecular flexibility index (Phi) is 7.60. The van der Waals surface area contributed by atoms with Gasteiger partial charge in [0.25, 0.3) is 0 Å². The van der Waals surface area contributed by atoms with Gasteiger partial charge in [0.05, 0.1) is 20.8 Å². The second kappa shape index (κ2) is 9.93. The van der Waals surface area contributed by atoms with Crippen LogP contribution in [0.2, 0.25) is 0 Å². The summed E-state index contributed by atoms with van der Waals surface area (Å²) in [5.41, 5.74) is 2.45. The van der Waals surface area contributed by atoms with Crippen molar-refractivity contribution < 1.29 is 9.47 Å². The first-order valence-corrected chi connectivity index (χ1v) is 9.33. The molecule has 0 aliphatic heterocycles. The van der Waals surface area contributed by atoms with Crippen LogP contribution in [0.5, 0.6) is 11.5 Å². The second-order valence-electron chi connectivity index (χ2n) is 5.66. The van der Waals surface area contributed by atoms with Crippen molar-refractivity contribution in [2.24, 2.45) is 4.99 Å². The highest BCUT2D eigenvalue weighted by atomic mass is 32.1. The molecule has 0 fully saturated rings. The number of nitrogens with one attached hydrogen (secondary N) is 1. The van der Waals surface area contributed by atoms with Crippen LogP contribution < -0.4 is 14.8 Å². The summed E-state index contributed by atoms with van der Waals surface area (Å²) in [4.78, 5) is 6.88. The number of aliphatic imine (C=N–C) groups is 1. The lowest BCUT2D eigenvalue weighted by Gasteiger charge is -2.22. The molecule has 5 nitrogen and oxygen atoms in total. The summed E-state index contributed by atoms with van der Waals surface area (Å²) in [5.74, 6) is 2.44. The van der Waals surface area contributed by atoms with Gasteiger partial charge in [-0.05, 0) is 53.4 Å². The maximum atomic E-state index is 5.38. The third-order valence-corrected chi connectivity index (χ3v) is 4.60. The van der Waals surface area contributed by atoms with Crippen molar-refractivity contribution >= 4 is 17.3 Å². The van der Waals surface area contributed by atoms with Crippen LogP contribution in [0, 0.1) is 0 Å². The zero-order valence-corrected chi connectivity index (χ0v) is 16.2. The summed E-state index contributed by atoms with van der Waals surface area (Å²) in [6, 6.07) is 8.16. The molecule has 0 aliphatic carbocycles. The predicted molar refractivity (Wildman–Crippen MR) is 105 cm³/mol. The van der Waals surface area contributed by atoms with Gasteiger partial charge in [-0.3, -0.25) is 0 Å². The Morgan fingerprint density at radius 3 is 2.60 bits per heavy atom. The molecule has 1 aromatic carbocycles. The van der Waals surface area contributed by atoms with Crippen molar-refractivity contribution in [2.75, 3.05) is 34.4 Å². The molecule has 6 heteroatoms. The largest absolute Gasteiger partial charge is 0.493 e. The van der Waals surface area contributed by atoms with Gasteiger partial charge in [0.15, 0.2) is 17.5 Å². The number of rotatable bonds is 8. The first kappa shape index (κ1) is 19.1. The number of thiophene rings is 1. The highest BCUT2D eigenvalue weighted by molar-refractivity contribution is 7.07. The van der Waals surface area contributed by atoms with Gasteiger partial charge < -0.3 is 19.7 Å². The van der Waals surface area contributed by atoms with Crippen molar-refractivity contribution in [1.29, 1.82) is 0 Å². The fourth-order valence-electron chi connectivity index (χ4n) is 2.46. The Hall–Kier alpha value is -2.21. The maximum absolute atomic E-state index is 5.38. The summed E-state index contributed by atoms with van der Waals surface area (Å²) in [5, 5.41) is 7.57. The molecule has 0 spiro atoms. The molecule has 136 valence electrons. The molecular weight excluding hydrogens is 334 g/mol. The Morgan fingerprint density at radius 2 is 1.96 bits per heavy atom. The van der Waals surface area contributed by atoms with Crippen LogP contribution in [-0.2, 0) is 13.0 Å². The molecule has 1 N–H and O–H groups in total. The van der Waals surface area contributed by atoms with Crippen LogP contribution in [0.15, 0.2) is 40.0 Å². The summed E-state index contributed by atoms with van der Waals surface area (Å²) in [6.07, 6.45) is 0.902. The molecule has 0 unspecified atom stereocenters. The minimum atomic E-state index is 0.701. The van der Waals surface area contributed by atoms with Crippen molar-refractivity contribution in [3.8, 4) is 11.5 Å². The van der Waals surface area contributed by atoms with E-state index in [1.165, 1.54) is 11.1 Å². The highest BCUT2D eigenvalue weighted by Crippen LogP contribution is 2.27. The van der Waals surface area contributed by atoms with Crippen LogP contribution in [0.4, 0.5) is 0 Å². The van der Waals surface area contributed by atoms with E-state index < -0.39 is 0 Å². The fraction of sp³-hybridized carbons (Fsp3) is 0.421. The van der Waals surface area contributed by atoms with Gasteiger partial charge in [-0.1, -0.05) is 6.07 Å². The molecule has 0 radical (unpaired) electrons. The highest BCUT2D eigenvalue weighted by Gasteiger charge is 2.08. The van der Waals surface area contributed by atoms with Crippen LogP contribution in [0.3, 0.4) is 0 Å². The molecule has 0 amide bonds. The van der Waals surface area contributed by atoms with E-state index in [0.29, 0.717) is 6.54 Å². The third-order valence-electron chi connectivity index (χ3n) is 3.87. The molecule has 0 atom stereocenters. The Morgan fingerprint density at radius 1 is 1.16 bits per heavy atom. The van der Waals surface area contributed by atoms with E-state index in [-0.39, 0.29) is 0 Å². The normalized spacial score (nSPS) is 11.3. The van der Waals surface area contributed by atoms with Gasteiger partial charge in [-0.2, -0.15) is 11.3 Å². The van der Waals surface area contributed by atoms with E-state index in [2.05, 4.69) is 47.1 Å². The molecule has 0 saturated carbocycles. The minimum Gasteiger partial charge on any atom is -0.493 e. The van der Waals surface area contributed by atoms with Gasteiger partial charge >= 0.3 is 0 Å². The van der Waals surface area contributed by atoms with Gasteiger partial charge in [0.1, 0.15) is 0 Å². The molecule has 25 heavy (non-hydrogen) atoms. The lowest BCUT2D eigenvalue weighted by atomic mass is 10.1. The minimum absolute atomic E-state index is 0.701. The van der Waals surface area contributed by atoms with Crippen LogP contribution in [0.1, 0.15) is 18.1 Å². The Bertz CT molecular complexity index is 671. The number of nitrogens with zero attached hydrogens (tertiary/aromatic N) is 2. The summed E-state index contributed by atoms with van der Waals surface area (Å²) in [6.45, 7) is 4.50. The van der Waals surface area contributed by atoms with E-state index in [0.717, 1.165) is 37.0 Å². The average molecular weight is 362 g/mol. The van der Waals surface area contributed by atoms with E-state index in [1.807, 2.05) is 12.1 Å². The topological polar surface area (TPSA) is 46.1 Å². The van der Waals surface area contributed by atoms with Crippen molar-refractivity contribution in [1.82, 2.24) is 10.2 Å². The Labute approximate surface area is 154 Å². The lowest BCUT2D eigenvalue weighted by Crippen LogP contribution is -2.39. The Balaban J connectivity index is 1.98. The van der Waals surface area contributed by atoms with Gasteiger partial charge in [-0.25, -0.2) is 4.99 Å². The fourth-order valence-corrected chi connectivity index (χ4v) is 3.12. The van der Waals surface area contributed by atoms with Crippen molar-refractivity contribution in [2.45, 2.75) is 19.9 Å². The first-order chi connectivity index (χ1) is 12.2. The summed E-state index contributed by atoms with van der Waals surface area (Å²) >= 11 is 1.70. The number of ether oxygens (including phenoxy) is 2. The second-order valence-corrected chi connectivity index (χ2v) is 6.44. The lowest BCUT2D eigenvalue weighted by molar-refractivity contribution is 0.354. The molecule has 1 heterocycles. The maximum Gasteiger partial charge on any atom is 0.193 e. The van der Waals surface area contributed by atoms with Crippen LogP contribution in [0.25, 0.3) is 0 Å². The average Bonchev–Trinajstić information content (AvgIpc) is 3.16. The number of hydrogen-bond donors (Lipinski definition) is 1. The zero-order valence-electron chi connectivity index (χ0n) is 15.4. The number of hydrogen-bond acceptors (Lipinski definition) is 4. The predicted octanol–water partition coefficient (Wildman–Crippen LogP) is 3.41. The smallest absolute Gasteiger partial charge is 0.193 e. The van der Waals surface area contributed by atoms with E-state index in [9.17, 15) is 0 Å². The molecule has 1 aromatic heterocycles. The molecular formula is C19H27N3O2S. The van der Waals surface area contributed by atoms with Gasteiger partial charge in [-0.15, -0.1) is 0 Å². The van der Waals surface area contributed by atoms with Crippen molar-refractivity contribution in [3.63, 3.8) is 0 Å². The number of likely N-dealkylation sites (N-methyl/N-ethyl adjacent to an activating group) is 1. The molecule has 2 aromatic rings. The van der Waals surface area contributed by atoms with E-state index >= 15 is 0 Å². The number of methoxy groups -OCH3 is 2. The van der Waals surface area contributed by atoms with Crippen LogP contribution >= 0.6 is 11.3 Å². The molecule has 0 saturated heterocycles. The van der Waals surface area contributed by atoms with Crippen LogP contribution in [-0.4, -0.2) is 45.2 Å². The number of benzene rings is 1. The monoisotopic (exact) mass is 361 g/mol. The summed E-state index contributed by atoms with van der Waals surface area (Å²) in [7, 11) is 5.38. The molecule has 0 aliphatic rings. The van der Waals surface area contributed by atoms with Gasteiger partial charge in [0, 0.05) is 20.1 Å². The first-order valence-electron chi connectivity index (χ1n) is 8.39. The molecule has 0 bridgehead atoms. The summed E-state index contributed by atoms with van der Waals surface area (Å²) < 4.78 is 10.7. The van der Waals surface area contributed by atoms with E-state index in [4.69, 9.17) is 14.5 Å². The number of guanidine groups is 1. The van der Waals surface area contributed by atoms with Gasteiger partial charge in [0.2, 0.25) is 0 Å². The van der Waals surface area contributed by atoms with Crippen molar-refractivity contribution in [3.05, 3.63) is 46.2 Å². The zero-order chi connectivity index (χ0) is 18.1. The standard InChI is InChI=1S/C19H27N3O2S/c1-5-20-19(21-13-16-9-11-25-14-16)22(2)10-8-15-6-7-17(23-3)18(12-15)24-4/h6-7,9,11-12,14H,5,8,10,13H2,1-4H3,(H,20,21). The SMILES string of the molecule is CCNC(=NCc1ccsc1)N(C)CCc1ccc(OC)c(OC)c1. The van der Waals surface area contributed by atoms with E-state index in [1.54, 1.807) is 25.6 Å². The third kappa shape index (κ3) is 5.67. The molecule has 2 rings (SSSR count).